The fourth-order valence-electron chi connectivity index (χ4n) is 3.07. The van der Waals surface area contributed by atoms with Crippen molar-refractivity contribution in [3.63, 3.8) is 0 Å². The second-order valence-electron chi connectivity index (χ2n) is 6.90. The van der Waals surface area contributed by atoms with E-state index in [1.54, 1.807) is 18.2 Å². The third-order valence-corrected chi connectivity index (χ3v) is 6.87. The summed E-state index contributed by atoms with van der Waals surface area (Å²) in [7, 11) is -3.56. The molecule has 1 heterocycles. The van der Waals surface area contributed by atoms with Crippen LogP contribution in [-0.2, 0) is 21.4 Å². The summed E-state index contributed by atoms with van der Waals surface area (Å²) < 4.78 is 26.9. The SMILES string of the molecule is Cc1ccc(CNC(=O)CN2CCN(S(=O)(=O)c3cccc(Cl)c3)CC2)cc1. The van der Waals surface area contributed by atoms with E-state index in [0.717, 1.165) is 5.56 Å². The summed E-state index contributed by atoms with van der Waals surface area (Å²) in [5.74, 6) is -0.0632. The molecule has 2 aromatic carbocycles. The van der Waals surface area contributed by atoms with Crippen LogP contribution < -0.4 is 5.32 Å². The summed E-state index contributed by atoms with van der Waals surface area (Å²) in [6.45, 7) is 4.49. The first-order chi connectivity index (χ1) is 13.3. The summed E-state index contributed by atoms with van der Waals surface area (Å²) in [5.41, 5.74) is 2.23. The smallest absolute Gasteiger partial charge is 0.243 e. The molecule has 0 aromatic heterocycles. The van der Waals surface area contributed by atoms with Crippen molar-refractivity contribution in [2.24, 2.45) is 0 Å². The Morgan fingerprint density at radius 1 is 1.07 bits per heavy atom. The Labute approximate surface area is 171 Å². The average molecular weight is 422 g/mol. The van der Waals surface area contributed by atoms with Crippen LogP contribution >= 0.6 is 11.6 Å². The zero-order chi connectivity index (χ0) is 20.1. The third-order valence-electron chi connectivity index (χ3n) is 4.74. The first-order valence-corrected chi connectivity index (χ1v) is 11.0. The van der Waals surface area contributed by atoms with E-state index >= 15 is 0 Å². The van der Waals surface area contributed by atoms with Gasteiger partial charge in [-0.15, -0.1) is 0 Å². The second-order valence-corrected chi connectivity index (χ2v) is 9.27. The molecule has 0 radical (unpaired) electrons. The van der Waals surface area contributed by atoms with Crippen LogP contribution in [0.3, 0.4) is 0 Å². The molecule has 150 valence electrons. The summed E-state index contributed by atoms with van der Waals surface area (Å²) in [6, 6.07) is 14.3. The van der Waals surface area contributed by atoms with Crippen LogP contribution in [0.4, 0.5) is 0 Å². The number of rotatable bonds is 6. The Morgan fingerprint density at radius 3 is 2.39 bits per heavy atom. The van der Waals surface area contributed by atoms with Gasteiger partial charge in [-0.2, -0.15) is 4.31 Å². The Balaban J connectivity index is 1.48. The molecule has 6 nitrogen and oxygen atoms in total. The lowest BCUT2D eigenvalue weighted by Crippen LogP contribution is -2.50. The highest BCUT2D eigenvalue weighted by Crippen LogP contribution is 2.20. The van der Waals surface area contributed by atoms with E-state index < -0.39 is 10.0 Å². The van der Waals surface area contributed by atoms with Crippen LogP contribution in [0.15, 0.2) is 53.4 Å². The first-order valence-electron chi connectivity index (χ1n) is 9.15. The van der Waals surface area contributed by atoms with E-state index in [9.17, 15) is 13.2 Å². The Hall–Kier alpha value is -1.93. The molecular formula is C20H24ClN3O3S. The quantitative estimate of drug-likeness (QED) is 0.776. The molecule has 0 aliphatic carbocycles. The molecule has 0 spiro atoms. The van der Waals surface area contributed by atoms with Gasteiger partial charge < -0.3 is 5.32 Å². The molecular weight excluding hydrogens is 398 g/mol. The predicted octanol–water partition coefficient (Wildman–Crippen LogP) is 2.27. The molecule has 3 rings (SSSR count). The average Bonchev–Trinajstić information content (AvgIpc) is 2.68. The van der Waals surface area contributed by atoms with Crippen molar-refractivity contribution in [1.82, 2.24) is 14.5 Å². The van der Waals surface area contributed by atoms with Gasteiger partial charge in [0.05, 0.1) is 11.4 Å². The van der Waals surface area contributed by atoms with Gasteiger partial charge in [0.1, 0.15) is 0 Å². The topological polar surface area (TPSA) is 69.7 Å². The van der Waals surface area contributed by atoms with Crippen LogP contribution in [0.5, 0.6) is 0 Å². The van der Waals surface area contributed by atoms with E-state index in [4.69, 9.17) is 11.6 Å². The van der Waals surface area contributed by atoms with Crippen LogP contribution in [0.25, 0.3) is 0 Å². The molecule has 2 aromatic rings. The molecule has 8 heteroatoms. The molecule has 0 saturated carbocycles. The summed E-state index contributed by atoms with van der Waals surface area (Å²) in [6.07, 6.45) is 0. The van der Waals surface area contributed by atoms with Gasteiger partial charge in [0, 0.05) is 37.7 Å². The number of carbonyl (C=O) groups excluding carboxylic acids is 1. The number of sulfonamides is 1. The molecule has 1 amide bonds. The number of hydrogen-bond acceptors (Lipinski definition) is 4. The Morgan fingerprint density at radius 2 is 1.75 bits per heavy atom. The van der Waals surface area contributed by atoms with Crippen molar-refractivity contribution in [2.45, 2.75) is 18.4 Å². The summed E-state index contributed by atoms with van der Waals surface area (Å²) >= 11 is 5.92. The number of amides is 1. The van der Waals surface area contributed by atoms with Crippen LogP contribution in [0.1, 0.15) is 11.1 Å². The highest BCUT2D eigenvalue weighted by atomic mass is 35.5. The number of nitrogens with zero attached hydrogens (tertiary/aromatic N) is 2. The molecule has 0 atom stereocenters. The summed E-state index contributed by atoms with van der Waals surface area (Å²) in [5, 5.41) is 3.31. The third kappa shape index (κ3) is 5.32. The number of benzene rings is 2. The number of hydrogen-bond donors (Lipinski definition) is 1. The van der Waals surface area contributed by atoms with E-state index in [2.05, 4.69) is 5.32 Å². The van der Waals surface area contributed by atoms with E-state index in [1.165, 1.54) is 15.9 Å². The molecule has 1 saturated heterocycles. The maximum atomic E-state index is 12.7. The van der Waals surface area contributed by atoms with Gasteiger partial charge in [0.2, 0.25) is 15.9 Å². The highest BCUT2D eigenvalue weighted by molar-refractivity contribution is 7.89. The fourth-order valence-corrected chi connectivity index (χ4v) is 4.79. The minimum atomic E-state index is -3.56. The van der Waals surface area contributed by atoms with Gasteiger partial charge >= 0.3 is 0 Å². The standard InChI is InChI=1S/C20H24ClN3O3S/c1-16-5-7-17(8-6-16)14-22-20(25)15-23-9-11-24(12-10-23)28(26,27)19-4-2-3-18(21)13-19/h2-8,13H,9-12,14-15H2,1H3,(H,22,25). The zero-order valence-electron chi connectivity index (χ0n) is 15.8. The summed E-state index contributed by atoms with van der Waals surface area (Å²) in [4.78, 5) is 14.4. The van der Waals surface area contributed by atoms with Crippen molar-refractivity contribution in [3.8, 4) is 0 Å². The molecule has 1 aliphatic heterocycles. The second kappa shape index (κ2) is 9.05. The molecule has 1 N–H and O–H groups in total. The van der Waals surface area contributed by atoms with Crippen molar-refractivity contribution in [1.29, 1.82) is 0 Å². The minimum absolute atomic E-state index is 0.0632. The van der Waals surface area contributed by atoms with Gasteiger partial charge in [-0.25, -0.2) is 8.42 Å². The minimum Gasteiger partial charge on any atom is -0.351 e. The Bertz CT molecular complexity index is 924. The maximum Gasteiger partial charge on any atom is 0.243 e. The van der Waals surface area contributed by atoms with Crippen LogP contribution in [0, 0.1) is 6.92 Å². The lowest BCUT2D eigenvalue weighted by Gasteiger charge is -2.33. The van der Waals surface area contributed by atoms with Gasteiger partial charge in [-0.1, -0.05) is 47.5 Å². The molecule has 28 heavy (non-hydrogen) atoms. The molecule has 0 bridgehead atoms. The van der Waals surface area contributed by atoms with Crippen LogP contribution in [-0.4, -0.2) is 56.3 Å². The van der Waals surface area contributed by atoms with Gasteiger partial charge in [-0.3, -0.25) is 9.69 Å². The zero-order valence-corrected chi connectivity index (χ0v) is 17.3. The number of carbonyl (C=O) groups is 1. The van der Waals surface area contributed by atoms with Crippen LogP contribution in [0.2, 0.25) is 5.02 Å². The Kier molecular flexibility index (Phi) is 6.72. The monoisotopic (exact) mass is 421 g/mol. The number of halogens is 1. The van der Waals surface area contributed by atoms with Crippen molar-refractivity contribution in [2.75, 3.05) is 32.7 Å². The normalized spacial score (nSPS) is 16.1. The highest BCUT2D eigenvalue weighted by Gasteiger charge is 2.29. The number of nitrogens with one attached hydrogen (secondary N) is 1. The van der Waals surface area contributed by atoms with Gasteiger partial charge in [-0.05, 0) is 30.7 Å². The first kappa shape index (κ1) is 20.8. The molecule has 0 unspecified atom stereocenters. The fraction of sp³-hybridized carbons (Fsp3) is 0.350. The van der Waals surface area contributed by atoms with Crippen molar-refractivity contribution >= 4 is 27.5 Å². The number of piperazine rings is 1. The van der Waals surface area contributed by atoms with Gasteiger partial charge in [0.25, 0.3) is 0 Å². The molecule has 1 aliphatic rings. The van der Waals surface area contributed by atoms with E-state index in [-0.39, 0.29) is 17.3 Å². The lowest BCUT2D eigenvalue weighted by atomic mass is 10.1. The lowest BCUT2D eigenvalue weighted by molar-refractivity contribution is -0.122. The van der Waals surface area contributed by atoms with E-state index in [1.807, 2.05) is 36.1 Å². The number of aryl methyl sites for hydroxylation is 1. The molecule has 1 fully saturated rings. The largest absolute Gasteiger partial charge is 0.351 e. The van der Waals surface area contributed by atoms with Gasteiger partial charge in [0.15, 0.2) is 0 Å². The maximum absolute atomic E-state index is 12.7. The predicted molar refractivity (Wildman–Crippen MR) is 110 cm³/mol. The van der Waals surface area contributed by atoms with Crippen molar-refractivity contribution in [3.05, 3.63) is 64.7 Å². The van der Waals surface area contributed by atoms with E-state index in [0.29, 0.717) is 37.7 Å². The van der Waals surface area contributed by atoms with Crippen molar-refractivity contribution < 1.29 is 13.2 Å².